The highest BCUT2D eigenvalue weighted by Gasteiger charge is 2.19. The Hall–Kier alpha value is -3.21. The molecule has 0 unspecified atom stereocenters. The predicted molar refractivity (Wildman–Crippen MR) is 119 cm³/mol. The Labute approximate surface area is 172 Å². The monoisotopic (exact) mass is 388 g/mol. The number of benzene rings is 2. The minimum Gasteiger partial charge on any atom is -0.324 e. The van der Waals surface area contributed by atoms with Crippen LogP contribution in [-0.4, -0.2) is 15.9 Å². The van der Waals surface area contributed by atoms with Gasteiger partial charge in [0.1, 0.15) is 0 Å². The molecule has 0 bridgehead atoms. The summed E-state index contributed by atoms with van der Waals surface area (Å²) in [6.07, 6.45) is 3.09. The zero-order chi connectivity index (χ0) is 21.0. The number of carbonyl (C=O) groups excluding carboxylic acids is 1. The van der Waals surface area contributed by atoms with E-state index in [1.165, 1.54) is 5.56 Å². The van der Waals surface area contributed by atoms with E-state index in [4.69, 9.17) is 0 Å². The molecular formula is C24H28N4O. The van der Waals surface area contributed by atoms with E-state index < -0.39 is 0 Å². The molecule has 0 atom stereocenters. The summed E-state index contributed by atoms with van der Waals surface area (Å²) in [6.45, 7) is 10.7. The van der Waals surface area contributed by atoms with Gasteiger partial charge in [0, 0.05) is 23.8 Å². The number of nitrogens with one attached hydrogen (secondary N) is 2. The fourth-order valence-electron chi connectivity index (χ4n) is 3.19. The first-order valence-corrected chi connectivity index (χ1v) is 9.84. The van der Waals surface area contributed by atoms with Crippen LogP contribution in [0.3, 0.4) is 0 Å². The molecule has 0 radical (unpaired) electrons. The Balaban J connectivity index is 1.75. The lowest BCUT2D eigenvalue weighted by Crippen LogP contribution is -2.19. The molecule has 2 N–H and O–H groups in total. The number of rotatable bonds is 5. The zero-order valence-corrected chi connectivity index (χ0v) is 17.7. The maximum absolute atomic E-state index is 12.7. The molecule has 150 valence electrons. The highest BCUT2D eigenvalue weighted by molar-refractivity contribution is 6.04. The molecule has 3 aromatic rings. The molecule has 0 fully saturated rings. The topological polar surface area (TPSA) is 66.9 Å². The van der Waals surface area contributed by atoms with Crippen LogP contribution in [0.4, 0.5) is 17.3 Å². The van der Waals surface area contributed by atoms with Crippen LogP contribution in [0, 0.1) is 0 Å². The lowest BCUT2D eigenvalue weighted by molar-refractivity contribution is 0.102. The lowest BCUT2D eigenvalue weighted by Gasteiger charge is -2.23. The van der Waals surface area contributed by atoms with Crippen molar-refractivity contribution < 1.29 is 4.79 Å². The molecule has 1 aromatic heterocycles. The van der Waals surface area contributed by atoms with Crippen LogP contribution in [0.15, 0.2) is 60.9 Å². The van der Waals surface area contributed by atoms with Gasteiger partial charge in [-0.25, -0.2) is 9.97 Å². The Kier molecular flexibility index (Phi) is 5.97. The molecule has 0 aliphatic carbocycles. The predicted octanol–water partition coefficient (Wildman–Crippen LogP) is 5.89. The molecule has 0 spiro atoms. The SMILES string of the molecule is CC(C)c1ccccc1Nc1ncc(C(=O)Nc2ccccc2C(C)(C)C)cn1. The molecular weight excluding hydrogens is 360 g/mol. The van der Waals surface area contributed by atoms with Crippen LogP contribution in [0.25, 0.3) is 0 Å². The lowest BCUT2D eigenvalue weighted by atomic mass is 9.86. The number of hydrogen-bond acceptors (Lipinski definition) is 4. The molecule has 1 amide bonds. The average molecular weight is 389 g/mol. The molecule has 0 aliphatic rings. The molecule has 0 aliphatic heterocycles. The van der Waals surface area contributed by atoms with Crippen molar-refractivity contribution in [2.24, 2.45) is 0 Å². The Morgan fingerprint density at radius 1 is 0.897 bits per heavy atom. The van der Waals surface area contributed by atoms with E-state index in [1.807, 2.05) is 42.5 Å². The summed E-state index contributed by atoms with van der Waals surface area (Å²) in [6, 6.07) is 15.9. The van der Waals surface area contributed by atoms with Gasteiger partial charge in [-0.3, -0.25) is 4.79 Å². The first-order chi connectivity index (χ1) is 13.8. The van der Waals surface area contributed by atoms with Gasteiger partial charge in [-0.05, 0) is 34.6 Å². The Morgan fingerprint density at radius 2 is 1.48 bits per heavy atom. The number of carbonyl (C=O) groups is 1. The second-order valence-electron chi connectivity index (χ2n) is 8.41. The second-order valence-corrected chi connectivity index (χ2v) is 8.41. The third kappa shape index (κ3) is 4.99. The highest BCUT2D eigenvalue weighted by atomic mass is 16.1. The maximum Gasteiger partial charge on any atom is 0.258 e. The summed E-state index contributed by atoms with van der Waals surface area (Å²) in [7, 11) is 0. The van der Waals surface area contributed by atoms with Crippen molar-refractivity contribution >= 4 is 23.2 Å². The summed E-state index contributed by atoms with van der Waals surface area (Å²) in [4.78, 5) is 21.3. The van der Waals surface area contributed by atoms with E-state index in [9.17, 15) is 4.79 Å². The molecule has 3 rings (SSSR count). The number of anilines is 3. The number of nitrogens with zero attached hydrogens (tertiary/aromatic N) is 2. The van der Waals surface area contributed by atoms with Crippen molar-refractivity contribution in [2.75, 3.05) is 10.6 Å². The molecule has 0 saturated heterocycles. The molecule has 29 heavy (non-hydrogen) atoms. The Bertz CT molecular complexity index is 988. The highest BCUT2D eigenvalue weighted by Crippen LogP contribution is 2.29. The van der Waals surface area contributed by atoms with Crippen molar-refractivity contribution in [3.05, 3.63) is 77.6 Å². The minimum atomic E-state index is -0.226. The number of aromatic nitrogens is 2. The third-order valence-corrected chi connectivity index (χ3v) is 4.73. The smallest absolute Gasteiger partial charge is 0.258 e. The molecule has 1 heterocycles. The number of amides is 1. The van der Waals surface area contributed by atoms with Crippen LogP contribution in [-0.2, 0) is 5.41 Å². The number of para-hydroxylation sites is 2. The van der Waals surface area contributed by atoms with E-state index in [2.05, 4.69) is 61.3 Å². The molecule has 2 aromatic carbocycles. The van der Waals surface area contributed by atoms with Crippen LogP contribution < -0.4 is 10.6 Å². The quantitative estimate of drug-likeness (QED) is 0.571. The average Bonchev–Trinajstić information content (AvgIpc) is 2.68. The van der Waals surface area contributed by atoms with Crippen molar-refractivity contribution in [3.63, 3.8) is 0 Å². The standard InChI is InChI=1S/C24H28N4O/c1-16(2)18-10-6-8-12-20(18)28-23-25-14-17(15-26-23)22(29)27-21-13-9-7-11-19(21)24(3,4)5/h6-16H,1-5H3,(H,27,29)(H,25,26,28). The molecule has 5 heteroatoms. The van der Waals surface area contributed by atoms with E-state index in [0.717, 1.165) is 16.9 Å². The summed E-state index contributed by atoms with van der Waals surface area (Å²) < 4.78 is 0. The largest absolute Gasteiger partial charge is 0.324 e. The van der Waals surface area contributed by atoms with Crippen LogP contribution in [0.1, 0.15) is 62.0 Å². The number of hydrogen-bond donors (Lipinski definition) is 2. The molecule has 5 nitrogen and oxygen atoms in total. The van der Waals surface area contributed by atoms with Gasteiger partial charge >= 0.3 is 0 Å². The van der Waals surface area contributed by atoms with E-state index >= 15 is 0 Å². The maximum atomic E-state index is 12.7. The van der Waals surface area contributed by atoms with Gasteiger partial charge in [0.2, 0.25) is 5.95 Å². The van der Waals surface area contributed by atoms with Crippen LogP contribution >= 0.6 is 0 Å². The zero-order valence-electron chi connectivity index (χ0n) is 17.7. The van der Waals surface area contributed by atoms with Crippen molar-refractivity contribution in [1.29, 1.82) is 0 Å². The fourth-order valence-corrected chi connectivity index (χ4v) is 3.19. The first kappa shape index (κ1) is 20.5. The van der Waals surface area contributed by atoms with Gasteiger partial charge in [0.15, 0.2) is 0 Å². The summed E-state index contributed by atoms with van der Waals surface area (Å²) in [5.74, 6) is 0.618. The van der Waals surface area contributed by atoms with Gasteiger partial charge in [-0.15, -0.1) is 0 Å². The summed E-state index contributed by atoms with van der Waals surface area (Å²) in [5, 5.41) is 6.23. The van der Waals surface area contributed by atoms with E-state index in [0.29, 0.717) is 17.4 Å². The van der Waals surface area contributed by atoms with Crippen LogP contribution in [0.2, 0.25) is 0 Å². The van der Waals surface area contributed by atoms with Crippen molar-refractivity contribution in [3.8, 4) is 0 Å². The molecule has 0 saturated carbocycles. The van der Waals surface area contributed by atoms with E-state index in [1.54, 1.807) is 12.4 Å². The van der Waals surface area contributed by atoms with Crippen molar-refractivity contribution in [2.45, 2.75) is 46.0 Å². The van der Waals surface area contributed by atoms with Crippen molar-refractivity contribution in [1.82, 2.24) is 9.97 Å². The summed E-state index contributed by atoms with van der Waals surface area (Å²) in [5.41, 5.74) is 4.39. The van der Waals surface area contributed by atoms with Gasteiger partial charge < -0.3 is 10.6 Å². The minimum absolute atomic E-state index is 0.0715. The van der Waals surface area contributed by atoms with Gasteiger partial charge in [-0.1, -0.05) is 71.0 Å². The Morgan fingerprint density at radius 3 is 2.10 bits per heavy atom. The van der Waals surface area contributed by atoms with E-state index in [-0.39, 0.29) is 11.3 Å². The van der Waals surface area contributed by atoms with Gasteiger partial charge in [0.05, 0.1) is 5.56 Å². The second kappa shape index (κ2) is 8.43. The fraction of sp³-hybridized carbons (Fsp3) is 0.292. The van der Waals surface area contributed by atoms with Gasteiger partial charge in [-0.2, -0.15) is 0 Å². The first-order valence-electron chi connectivity index (χ1n) is 9.84. The normalized spacial score (nSPS) is 11.4. The third-order valence-electron chi connectivity index (χ3n) is 4.73. The van der Waals surface area contributed by atoms with Crippen LogP contribution in [0.5, 0.6) is 0 Å². The summed E-state index contributed by atoms with van der Waals surface area (Å²) >= 11 is 0. The van der Waals surface area contributed by atoms with Gasteiger partial charge in [0.25, 0.3) is 5.91 Å².